The predicted octanol–water partition coefficient (Wildman–Crippen LogP) is 2.78. The number of hydrogen-bond donors (Lipinski definition) is 1. The molecule has 2 amide bonds. The van der Waals surface area contributed by atoms with Crippen LogP contribution in [0.3, 0.4) is 0 Å². The number of ether oxygens (including phenoxy) is 2. The normalized spacial score (nSPS) is 25.0. The lowest BCUT2D eigenvalue weighted by Crippen LogP contribution is -2.39. The maximum Gasteiger partial charge on any atom is 0.410 e. The molecule has 1 aromatic carbocycles. The average molecular weight is 332 g/mol. The zero-order valence-corrected chi connectivity index (χ0v) is 14.3. The molecule has 130 valence electrons. The number of amides is 2. The summed E-state index contributed by atoms with van der Waals surface area (Å²) in [6.45, 7) is 7.04. The molecule has 1 saturated heterocycles. The van der Waals surface area contributed by atoms with Gasteiger partial charge in [0.05, 0.1) is 0 Å². The molecule has 3 rings (SSSR count). The molecule has 0 aromatic heterocycles. The second kappa shape index (κ2) is 6.34. The standard InChI is InChI=1S/C18H24N2O4/c1-18(2,3)24-16(21)19-15-13-9-20(10-14(13)15)17(22)23-11-12-7-5-4-6-8-12/h4-8,13-15H,9-11H2,1-3H3,(H,19,21)/t13-,14?,15?/m1/s1. The summed E-state index contributed by atoms with van der Waals surface area (Å²) < 4.78 is 10.6. The summed E-state index contributed by atoms with van der Waals surface area (Å²) in [5.74, 6) is 0.614. The zero-order chi connectivity index (χ0) is 17.3. The Bertz CT molecular complexity index is 599. The molecule has 1 N–H and O–H groups in total. The van der Waals surface area contributed by atoms with Crippen molar-refractivity contribution in [2.45, 2.75) is 39.0 Å². The van der Waals surface area contributed by atoms with Crippen molar-refractivity contribution in [1.82, 2.24) is 10.2 Å². The van der Waals surface area contributed by atoms with Gasteiger partial charge in [0.1, 0.15) is 12.2 Å². The second-order valence-corrected chi connectivity index (χ2v) is 7.44. The van der Waals surface area contributed by atoms with E-state index in [0.29, 0.717) is 24.9 Å². The molecule has 1 saturated carbocycles. The summed E-state index contributed by atoms with van der Waals surface area (Å²) in [6, 6.07) is 9.72. The first-order chi connectivity index (χ1) is 11.3. The highest BCUT2D eigenvalue weighted by Crippen LogP contribution is 2.45. The molecule has 1 aliphatic carbocycles. The molecule has 24 heavy (non-hydrogen) atoms. The lowest BCUT2D eigenvalue weighted by molar-refractivity contribution is 0.0513. The molecule has 1 heterocycles. The van der Waals surface area contributed by atoms with E-state index in [1.807, 2.05) is 51.1 Å². The van der Waals surface area contributed by atoms with Gasteiger partial charge in [-0.2, -0.15) is 0 Å². The first-order valence-electron chi connectivity index (χ1n) is 8.28. The third kappa shape index (κ3) is 3.99. The van der Waals surface area contributed by atoms with Crippen LogP contribution in [0, 0.1) is 11.8 Å². The van der Waals surface area contributed by atoms with E-state index in [0.717, 1.165) is 5.56 Å². The van der Waals surface area contributed by atoms with Gasteiger partial charge in [-0.05, 0) is 26.3 Å². The molecule has 6 nitrogen and oxygen atoms in total. The molecule has 0 bridgehead atoms. The van der Waals surface area contributed by atoms with Gasteiger partial charge in [0.2, 0.25) is 0 Å². The Kier molecular flexibility index (Phi) is 4.39. The summed E-state index contributed by atoms with van der Waals surface area (Å²) >= 11 is 0. The fourth-order valence-corrected chi connectivity index (χ4v) is 3.14. The van der Waals surface area contributed by atoms with E-state index < -0.39 is 5.60 Å². The van der Waals surface area contributed by atoms with Gasteiger partial charge in [-0.25, -0.2) is 9.59 Å². The van der Waals surface area contributed by atoms with Crippen molar-refractivity contribution in [3.05, 3.63) is 35.9 Å². The van der Waals surface area contributed by atoms with E-state index in [9.17, 15) is 9.59 Å². The van der Waals surface area contributed by atoms with Crippen LogP contribution in [0.25, 0.3) is 0 Å². The van der Waals surface area contributed by atoms with Crippen molar-refractivity contribution in [2.75, 3.05) is 13.1 Å². The SMILES string of the molecule is CC(C)(C)OC(=O)NC1C2CN(C(=O)OCc3ccccc3)C[C@H]21. The first-order valence-corrected chi connectivity index (χ1v) is 8.28. The molecule has 1 aliphatic heterocycles. The van der Waals surface area contributed by atoms with Gasteiger partial charge in [-0.3, -0.25) is 0 Å². The number of benzene rings is 1. The van der Waals surface area contributed by atoms with Crippen LogP contribution in [0.5, 0.6) is 0 Å². The van der Waals surface area contributed by atoms with E-state index in [2.05, 4.69) is 5.32 Å². The van der Waals surface area contributed by atoms with Crippen molar-refractivity contribution in [3.8, 4) is 0 Å². The maximum absolute atomic E-state index is 12.1. The number of likely N-dealkylation sites (tertiary alicyclic amines) is 1. The minimum Gasteiger partial charge on any atom is -0.445 e. The number of hydrogen-bond acceptors (Lipinski definition) is 4. The van der Waals surface area contributed by atoms with Crippen molar-refractivity contribution in [3.63, 3.8) is 0 Å². The van der Waals surface area contributed by atoms with Crippen LogP contribution in [0.1, 0.15) is 26.3 Å². The minimum atomic E-state index is -0.499. The van der Waals surface area contributed by atoms with Gasteiger partial charge >= 0.3 is 12.2 Å². The van der Waals surface area contributed by atoms with Crippen LogP contribution in [0.2, 0.25) is 0 Å². The van der Waals surface area contributed by atoms with E-state index >= 15 is 0 Å². The lowest BCUT2D eigenvalue weighted by atomic mass is 10.2. The fraction of sp³-hybridized carbons (Fsp3) is 0.556. The summed E-state index contributed by atoms with van der Waals surface area (Å²) in [5, 5.41) is 2.89. The van der Waals surface area contributed by atoms with Gasteiger partial charge in [0.15, 0.2) is 0 Å². The van der Waals surface area contributed by atoms with Gasteiger partial charge in [-0.15, -0.1) is 0 Å². The van der Waals surface area contributed by atoms with E-state index in [1.165, 1.54) is 0 Å². The molecular formula is C18H24N2O4. The van der Waals surface area contributed by atoms with Crippen molar-refractivity contribution >= 4 is 12.2 Å². The number of carbonyl (C=O) groups excluding carboxylic acids is 2. The smallest absolute Gasteiger partial charge is 0.410 e. The molecule has 2 fully saturated rings. The number of piperidine rings is 1. The van der Waals surface area contributed by atoms with Gasteiger partial charge in [-0.1, -0.05) is 30.3 Å². The Labute approximate surface area is 142 Å². The molecule has 0 spiro atoms. The lowest BCUT2D eigenvalue weighted by Gasteiger charge is -2.22. The number of alkyl carbamates (subject to hydrolysis) is 1. The Balaban J connectivity index is 1.39. The molecule has 2 unspecified atom stereocenters. The quantitative estimate of drug-likeness (QED) is 0.924. The summed E-state index contributed by atoms with van der Waals surface area (Å²) in [5.41, 5.74) is 0.473. The number of nitrogens with one attached hydrogen (secondary N) is 1. The van der Waals surface area contributed by atoms with Gasteiger partial charge in [0, 0.05) is 31.0 Å². The molecule has 2 aliphatic rings. The topological polar surface area (TPSA) is 67.9 Å². The summed E-state index contributed by atoms with van der Waals surface area (Å²) in [7, 11) is 0. The molecular weight excluding hydrogens is 308 g/mol. The number of rotatable bonds is 3. The predicted molar refractivity (Wildman–Crippen MR) is 88.3 cm³/mol. The Morgan fingerprint density at radius 3 is 2.38 bits per heavy atom. The first kappa shape index (κ1) is 16.6. The number of fused-ring (bicyclic) bond motifs is 1. The van der Waals surface area contributed by atoms with E-state index in [-0.39, 0.29) is 24.8 Å². The van der Waals surface area contributed by atoms with E-state index in [4.69, 9.17) is 9.47 Å². The summed E-state index contributed by atoms with van der Waals surface area (Å²) in [6.07, 6.45) is -0.679. The van der Waals surface area contributed by atoms with Crippen LogP contribution in [0.4, 0.5) is 9.59 Å². The third-order valence-electron chi connectivity index (χ3n) is 4.34. The largest absolute Gasteiger partial charge is 0.445 e. The third-order valence-corrected chi connectivity index (χ3v) is 4.34. The minimum absolute atomic E-state index is 0.109. The van der Waals surface area contributed by atoms with E-state index in [1.54, 1.807) is 4.90 Å². The van der Waals surface area contributed by atoms with Crippen LogP contribution in [-0.2, 0) is 16.1 Å². The van der Waals surface area contributed by atoms with Crippen LogP contribution in [-0.4, -0.2) is 41.8 Å². The Morgan fingerprint density at radius 2 is 1.79 bits per heavy atom. The highest BCUT2D eigenvalue weighted by Gasteiger charge is 2.58. The average Bonchev–Trinajstić information content (AvgIpc) is 2.95. The highest BCUT2D eigenvalue weighted by atomic mass is 16.6. The molecule has 3 atom stereocenters. The molecule has 6 heteroatoms. The van der Waals surface area contributed by atoms with Crippen molar-refractivity contribution < 1.29 is 19.1 Å². The van der Waals surface area contributed by atoms with Gasteiger partial charge in [0.25, 0.3) is 0 Å². The van der Waals surface area contributed by atoms with Crippen LogP contribution < -0.4 is 5.32 Å². The summed E-state index contributed by atoms with van der Waals surface area (Å²) in [4.78, 5) is 25.6. The number of carbonyl (C=O) groups is 2. The van der Waals surface area contributed by atoms with Crippen molar-refractivity contribution in [1.29, 1.82) is 0 Å². The maximum atomic E-state index is 12.1. The molecule has 1 aromatic rings. The fourth-order valence-electron chi connectivity index (χ4n) is 3.14. The van der Waals surface area contributed by atoms with Crippen LogP contribution in [0.15, 0.2) is 30.3 Å². The Morgan fingerprint density at radius 1 is 1.17 bits per heavy atom. The molecule has 0 radical (unpaired) electrons. The highest BCUT2D eigenvalue weighted by molar-refractivity contribution is 5.70. The zero-order valence-electron chi connectivity index (χ0n) is 14.3. The second-order valence-electron chi connectivity index (χ2n) is 7.44. The van der Waals surface area contributed by atoms with Crippen LogP contribution >= 0.6 is 0 Å². The number of nitrogens with zero attached hydrogens (tertiary/aromatic N) is 1. The van der Waals surface area contributed by atoms with Gasteiger partial charge < -0.3 is 19.7 Å². The monoisotopic (exact) mass is 332 g/mol. The Hall–Kier alpha value is -2.24. The van der Waals surface area contributed by atoms with Crippen molar-refractivity contribution in [2.24, 2.45) is 11.8 Å².